The Hall–Kier alpha value is 5.98. The van der Waals surface area contributed by atoms with Crippen molar-refractivity contribution in [3.05, 3.63) is 0 Å². The van der Waals surface area contributed by atoms with E-state index in [0.29, 0.717) is 0 Å². The average Bonchev–Trinajstić information content (AvgIpc) is 1.58. The van der Waals surface area contributed by atoms with Gasteiger partial charge in [-0.25, -0.2) is 0 Å². The molecule has 7 nitrogen and oxygen atoms in total. The van der Waals surface area contributed by atoms with Crippen molar-refractivity contribution < 1.29 is 133 Å². The molecule has 0 aliphatic heterocycles. The van der Waals surface area contributed by atoms with Gasteiger partial charge in [0.25, 0.3) is 0 Å². The Morgan fingerprint density at radius 2 is 1.07 bits per heavy atom. The topological polar surface area (TPSA) is 110 Å². The molecule has 0 fully saturated rings. The smallest absolute Gasteiger partial charge is 1.00 e. The number of rotatable bonds is 4. The number of hydrogen-bond donors (Lipinski definition) is 2. The zero-order chi connectivity index (χ0) is 8.15. The van der Waals surface area contributed by atoms with E-state index in [-0.39, 0.29) is 180 Å². The summed E-state index contributed by atoms with van der Waals surface area (Å²) in [7, 11) is 0. The third-order valence-corrected chi connectivity index (χ3v) is 2.05. The van der Waals surface area contributed by atoms with Crippen LogP contribution in [0.5, 0.6) is 0 Å². The van der Waals surface area contributed by atoms with Gasteiger partial charge in [0.2, 0.25) is 0 Å². The molecular formula is H6Ca2Eu2O7S3. The summed E-state index contributed by atoms with van der Waals surface area (Å²) in [6.07, 6.45) is 0. The predicted octanol–water partition coefficient (Wildman–Crippen LogP) is -1.44. The first-order valence-electron chi connectivity index (χ1n) is 1.53. The maximum Gasteiger partial charge on any atom is 2.00 e. The second kappa shape index (κ2) is 21.3. The van der Waals surface area contributed by atoms with Gasteiger partial charge in [-0.15, -0.1) is 7.26 Å². The van der Waals surface area contributed by atoms with E-state index in [1.807, 2.05) is 0 Å². The summed E-state index contributed by atoms with van der Waals surface area (Å²) >= 11 is -8.25. The summed E-state index contributed by atoms with van der Waals surface area (Å²) in [5, 5.41) is 0. The van der Waals surface area contributed by atoms with Crippen LogP contribution in [0.1, 0.15) is 5.71 Å². The Morgan fingerprint density at radius 1 is 0.857 bits per heavy atom. The van der Waals surface area contributed by atoms with E-state index in [0.717, 1.165) is 0 Å². The molecule has 2 unspecified atom stereocenters. The molecule has 0 saturated heterocycles. The van der Waals surface area contributed by atoms with Gasteiger partial charge < -0.3 is 5.71 Å². The average molecular weight is 598 g/mol. The second-order valence-electron chi connectivity index (χ2n) is 0.774. The summed E-state index contributed by atoms with van der Waals surface area (Å²) in [6.45, 7) is 0. The van der Waals surface area contributed by atoms with Crippen molar-refractivity contribution in [2.24, 2.45) is 0 Å². The van der Waals surface area contributed by atoms with Crippen molar-refractivity contribution in [2.75, 3.05) is 0 Å². The minimum absolute atomic E-state index is 0. The van der Waals surface area contributed by atoms with E-state index in [9.17, 15) is 12.6 Å². The molecular weight excluding hydrogens is 592 g/mol. The molecule has 0 aliphatic rings. The minimum Gasteiger partial charge on any atom is -1.00 e. The van der Waals surface area contributed by atoms with E-state index >= 15 is 0 Å². The molecule has 2 atom stereocenters. The summed E-state index contributed by atoms with van der Waals surface area (Å²) < 4.78 is 51.9. The fourth-order valence-corrected chi connectivity index (χ4v) is 1.16. The van der Waals surface area contributed by atoms with E-state index in [1.165, 1.54) is 0 Å². The van der Waals surface area contributed by atoms with E-state index in [2.05, 4.69) is 7.26 Å². The van der Waals surface area contributed by atoms with Crippen LogP contribution in [-0.2, 0) is 41.3 Å². The predicted molar refractivity (Wildman–Crippen MR) is 47.8 cm³/mol. The first-order chi connectivity index (χ1) is 4.52. The Morgan fingerprint density at radius 3 is 1.21 bits per heavy atom. The molecule has 0 saturated carbocycles. The van der Waals surface area contributed by atoms with E-state index in [4.69, 9.17) is 9.11 Å². The molecule has 0 aromatic heterocycles. The van der Waals surface area contributed by atoms with Crippen LogP contribution in [-0.4, -0.2) is 97.2 Å². The van der Waals surface area contributed by atoms with Gasteiger partial charge in [-0.2, -0.15) is 12.6 Å². The van der Waals surface area contributed by atoms with Gasteiger partial charge in [-0.3, -0.25) is 9.11 Å². The maximum atomic E-state index is 10.0. The minimum atomic E-state index is -2.78. The summed E-state index contributed by atoms with van der Waals surface area (Å²) in [5.74, 6) is 0. The van der Waals surface area contributed by atoms with Gasteiger partial charge in [0.1, 0.15) is 0 Å². The standard InChI is InChI=1S/2Ca.2Eu.H2O7S3.4H/c;;;;1-8(2)6-10(5)7-9(3)4;;;;/h;;;;(H,1,2)(H,3,4);;;;/q2*+2;;;;4*-1. The van der Waals surface area contributed by atoms with Gasteiger partial charge >= 0.3 is 110 Å². The van der Waals surface area contributed by atoms with Crippen molar-refractivity contribution in [3.63, 3.8) is 0 Å². The quantitative estimate of drug-likeness (QED) is 0.302. The van der Waals surface area contributed by atoms with E-state index in [1.54, 1.807) is 0 Å². The molecule has 84 valence electrons. The molecule has 2 N–H and O–H groups in total. The molecule has 0 amide bonds. The van der Waals surface area contributed by atoms with Crippen molar-refractivity contribution in [1.29, 1.82) is 0 Å². The van der Waals surface area contributed by atoms with Crippen LogP contribution in [0, 0.1) is 98.8 Å². The fraction of sp³-hybridized carbons (Fsp3) is 0. The largest absolute Gasteiger partial charge is 2.00 e. The maximum absolute atomic E-state index is 10.0. The third-order valence-electron chi connectivity index (χ3n) is 0.228. The van der Waals surface area contributed by atoms with Gasteiger partial charge in [0.15, 0.2) is 0 Å². The molecule has 0 bridgehead atoms. The monoisotopic (exact) mass is 600 g/mol. The molecule has 14 heavy (non-hydrogen) atoms. The van der Waals surface area contributed by atoms with Crippen molar-refractivity contribution in [3.8, 4) is 0 Å². The van der Waals surface area contributed by atoms with Crippen LogP contribution in [0.15, 0.2) is 0 Å². The van der Waals surface area contributed by atoms with Crippen LogP contribution in [0.2, 0.25) is 0 Å². The zero-order valence-corrected chi connectivity index (χ0v) is 18.0. The van der Waals surface area contributed by atoms with Crippen LogP contribution in [0.25, 0.3) is 0 Å². The van der Waals surface area contributed by atoms with Crippen molar-refractivity contribution in [1.82, 2.24) is 0 Å². The Balaban J connectivity index is -0.0000000145. The first-order valence-corrected chi connectivity index (χ1v) is 4.60. The van der Waals surface area contributed by atoms with Crippen LogP contribution >= 0.6 is 0 Å². The summed E-state index contributed by atoms with van der Waals surface area (Å²) in [6, 6.07) is 0. The Labute approximate surface area is 236 Å². The van der Waals surface area contributed by atoms with Gasteiger partial charge in [-0.05, 0) is 0 Å². The molecule has 0 heterocycles. The molecule has 14 heteroatoms. The van der Waals surface area contributed by atoms with Gasteiger partial charge in [0.05, 0.1) is 0 Å². The normalized spacial score (nSPS) is 14.1. The van der Waals surface area contributed by atoms with Crippen LogP contribution in [0.3, 0.4) is 0 Å². The Bertz CT molecular complexity index is 182. The molecule has 2 radical (unpaired) electrons. The second-order valence-corrected chi connectivity index (χ2v) is 3.14. The van der Waals surface area contributed by atoms with Crippen LogP contribution < -0.4 is 0 Å². The fourth-order valence-electron chi connectivity index (χ4n) is 0.106. The molecule has 0 aliphatic carbocycles. The molecule has 0 aromatic rings. The Kier molecular flexibility index (Phi) is 48.8. The third kappa shape index (κ3) is 26.5. The molecule has 0 aromatic carbocycles. The van der Waals surface area contributed by atoms with Gasteiger partial charge in [0, 0.05) is 98.8 Å². The molecule has 0 spiro atoms. The van der Waals surface area contributed by atoms with Crippen molar-refractivity contribution in [2.45, 2.75) is 0 Å². The SMILES string of the molecule is O=S(O)OS(=O)OS(=O)O.[Ca+2].[Ca+2].[Eu].[Eu].[H-].[H-].[H-].[H-]. The van der Waals surface area contributed by atoms with Crippen molar-refractivity contribution >= 4 is 110 Å². The first kappa shape index (κ1) is 32.1. The summed E-state index contributed by atoms with van der Waals surface area (Å²) in [5.41, 5.74) is 0. The van der Waals surface area contributed by atoms with Crippen LogP contribution in [0.4, 0.5) is 0 Å². The number of hydrogen-bond acceptors (Lipinski definition) is 5. The summed E-state index contributed by atoms with van der Waals surface area (Å²) in [4.78, 5) is 0. The zero-order valence-electron chi connectivity index (χ0n) is 10.3. The van der Waals surface area contributed by atoms with Gasteiger partial charge in [-0.1, -0.05) is 0 Å². The van der Waals surface area contributed by atoms with E-state index < -0.39 is 34.1 Å². The molecule has 0 rings (SSSR count).